The normalized spacial score (nSPS) is 17.1. The van der Waals surface area contributed by atoms with Crippen LogP contribution in [0.3, 0.4) is 0 Å². The first kappa shape index (κ1) is 28.2. The highest BCUT2D eigenvalue weighted by atomic mass is 16.5. The van der Waals surface area contributed by atoms with E-state index in [1.165, 1.54) is 12.8 Å². The Balaban J connectivity index is 1.57. The quantitative estimate of drug-likeness (QED) is 0.364. The van der Waals surface area contributed by atoms with Gasteiger partial charge in [-0.05, 0) is 62.5 Å². The molecule has 0 saturated carbocycles. The SMILES string of the molecule is CC(C[CH]C(=O)NC(Cc1ccc(OCc2ccccc2)cc1)C(=O)NCCC1CCCN1C)C(N)=O. The second kappa shape index (κ2) is 14.4. The van der Waals surface area contributed by atoms with Crippen molar-refractivity contribution in [3.8, 4) is 5.75 Å². The van der Waals surface area contributed by atoms with Crippen molar-refractivity contribution in [2.24, 2.45) is 11.7 Å². The van der Waals surface area contributed by atoms with Crippen LogP contribution in [0.15, 0.2) is 54.6 Å². The van der Waals surface area contributed by atoms with Crippen LogP contribution in [0, 0.1) is 12.3 Å². The maximum atomic E-state index is 13.1. The molecule has 3 unspecified atom stereocenters. The highest BCUT2D eigenvalue weighted by Gasteiger charge is 2.24. The van der Waals surface area contributed by atoms with Gasteiger partial charge in [-0.3, -0.25) is 14.4 Å². The molecule has 0 aromatic heterocycles. The van der Waals surface area contributed by atoms with Crippen LogP contribution in [0.1, 0.15) is 43.7 Å². The predicted octanol–water partition coefficient (Wildman–Crippen LogP) is 2.61. The standard InChI is InChI=1S/C29H39N4O4/c1-21(28(30)35)10-15-27(34)32-26(29(36)31-17-16-24-9-6-18-33(24)2)19-22-11-13-25(14-12-22)37-20-23-7-4-3-5-8-23/h3-5,7-8,11-15,21,24,26H,6,9-10,16-20H2,1-2H3,(H2,30,35)(H,31,36)(H,32,34). The number of rotatable bonds is 14. The summed E-state index contributed by atoms with van der Waals surface area (Å²) in [6.07, 6.45) is 5.12. The number of ether oxygens (including phenoxy) is 1. The van der Waals surface area contributed by atoms with Crippen LogP contribution in [-0.2, 0) is 27.4 Å². The van der Waals surface area contributed by atoms with Crippen molar-refractivity contribution < 1.29 is 19.1 Å². The number of hydrogen-bond donors (Lipinski definition) is 3. The van der Waals surface area contributed by atoms with Gasteiger partial charge in [0.15, 0.2) is 0 Å². The minimum atomic E-state index is -0.745. The molecule has 0 spiro atoms. The average Bonchev–Trinajstić information content (AvgIpc) is 3.31. The number of carbonyl (C=O) groups excluding carboxylic acids is 3. The van der Waals surface area contributed by atoms with Crippen molar-refractivity contribution in [3.63, 3.8) is 0 Å². The zero-order chi connectivity index (χ0) is 26.6. The molecule has 3 amide bonds. The van der Waals surface area contributed by atoms with Crippen molar-refractivity contribution in [2.75, 3.05) is 20.1 Å². The monoisotopic (exact) mass is 507 g/mol. The molecule has 1 heterocycles. The number of primary amides is 1. The van der Waals surface area contributed by atoms with Crippen LogP contribution in [-0.4, -0.2) is 54.8 Å². The summed E-state index contributed by atoms with van der Waals surface area (Å²) in [5.41, 5.74) is 7.27. The number of carbonyl (C=O) groups is 3. The van der Waals surface area contributed by atoms with Gasteiger partial charge in [-0.15, -0.1) is 0 Å². The minimum Gasteiger partial charge on any atom is -0.489 e. The fraction of sp³-hybridized carbons (Fsp3) is 0.448. The highest BCUT2D eigenvalue weighted by Crippen LogP contribution is 2.18. The summed E-state index contributed by atoms with van der Waals surface area (Å²) in [7, 11) is 2.11. The topological polar surface area (TPSA) is 114 Å². The Hall–Kier alpha value is -3.39. The van der Waals surface area contributed by atoms with Gasteiger partial charge in [0.2, 0.25) is 17.7 Å². The van der Waals surface area contributed by atoms with Gasteiger partial charge in [-0.25, -0.2) is 0 Å². The fourth-order valence-corrected chi connectivity index (χ4v) is 4.37. The molecule has 1 fully saturated rings. The Morgan fingerprint density at radius 1 is 1.11 bits per heavy atom. The smallest absolute Gasteiger partial charge is 0.242 e. The molecule has 3 atom stereocenters. The van der Waals surface area contributed by atoms with Gasteiger partial charge in [0.05, 0.1) is 6.42 Å². The van der Waals surface area contributed by atoms with Gasteiger partial charge in [0, 0.05) is 24.9 Å². The lowest BCUT2D eigenvalue weighted by Crippen LogP contribution is -2.48. The van der Waals surface area contributed by atoms with Crippen molar-refractivity contribution in [3.05, 3.63) is 72.1 Å². The van der Waals surface area contributed by atoms with E-state index in [1.807, 2.05) is 54.6 Å². The first-order valence-electron chi connectivity index (χ1n) is 13.0. The molecule has 3 rings (SSSR count). The van der Waals surface area contributed by atoms with Crippen molar-refractivity contribution in [1.82, 2.24) is 15.5 Å². The Kier molecular flexibility index (Phi) is 11.0. The van der Waals surface area contributed by atoms with E-state index in [1.54, 1.807) is 6.92 Å². The molecule has 4 N–H and O–H groups in total. The third kappa shape index (κ3) is 9.53. The molecular formula is C29H39N4O4. The molecule has 2 aromatic carbocycles. The molecule has 0 bridgehead atoms. The molecule has 2 aromatic rings. The maximum absolute atomic E-state index is 13.1. The lowest BCUT2D eigenvalue weighted by Gasteiger charge is -2.22. The molecule has 1 saturated heterocycles. The maximum Gasteiger partial charge on any atom is 0.242 e. The van der Waals surface area contributed by atoms with E-state index in [4.69, 9.17) is 10.5 Å². The summed E-state index contributed by atoms with van der Waals surface area (Å²) in [5, 5.41) is 5.80. The van der Waals surface area contributed by atoms with E-state index in [0.717, 1.165) is 36.3 Å². The fourth-order valence-electron chi connectivity index (χ4n) is 4.37. The van der Waals surface area contributed by atoms with Crippen LogP contribution in [0.25, 0.3) is 0 Å². The van der Waals surface area contributed by atoms with Crippen LogP contribution < -0.4 is 21.1 Å². The summed E-state index contributed by atoms with van der Waals surface area (Å²) in [4.78, 5) is 39.2. The predicted molar refractivity (Wildman–Crippen MR) is 143 cm³/mol. The molecule has 8 nitrogen and oxygen atoms in total. The number of nitrogens with two attached hydrogens (primary N) is 1. The lowest BCUT2D eigenvalue weighted by atomic mass is 10.0. The molecule has 1 aliphatic rings. The van der Waals surface area contributed by atoms with E-state index in [0.29, 0.717) is 25.6 Å². The van der Waals surface area contributed by atoms with Gasteiger partial charge >= 0.3 is 0 Å². The van der Waals surface area contributed by atoms with Gasteiger partial charge in [-0.2, -0.15) is 0 Å². The summed E-state index contributed by atoms with van der Waals surface area (Å²) in [5.74, 6) is -0.817. The van der Waals surface area contributed by atoms with Crippen LogP contribution >= 0.6 is 0 Å². The molecule has 1 radical (unpaired) electrons. The molecule has 1 aliphatic heterocycles. The van der Waals surface area contributed by atoms with Crippen LogP contribution in [0.4, 0.5) is 0 Å². The van der Waals surface area contributed by atoms with Gasteiger partial charge < -0.3 is 26.0 Å². The number of likely N-dealkylation sites (tertiary alicyclic amines) is 1. The van der Waals surface area contributed by atoms with E-state index in [9.17, 15) is 14.4 Å². The van der Waals surface area contributed by atoms with E-state index in [2.05, 4.69) is 22.6 Å². The number of amides is 3. The van der Waals surface area contributed by atoms with E-state index < -0.39 is 23.8 Å². The molecule has 8 heteroatoms. The van der Waals surface area contributed by atoms with Gasteiger partial charge in [-0.1, -0.05) is 49.4 Å². The Morgan fingerprint density at radius 3 is 2.49 bits per heavy atom. The number of benzene rings is 2. The molecular weight excluding hydrogens is 468 g/mol. The zero-order valence-electron chi connectivity index (χ0n) is 21.8. The van der Waals surface area contributed by atoms with E-state index in [-0.39, 0.29) is 12.3 Å². The Labute approximate surface area is 219 Å². The van der Waals surface area contributed by atoms with Crippen LogP contribution in [0.2, 0.25) is 0 Å². The summed E-state index contributed by atoms with van der Waals surface area (Å²) < 4.78 is 5.85. The third-order valence-electron chi connectivity index (χ3n) is 6.84. The number of nitrogens with zero attached hydrogens (tertiary/aromatic N) is 1. The van der Waals surface area contributed by atoms with Crippen molar-refractivity contribution in [2.45, 2.75) is 57.7 Å². The minimum absolute atomic E-state index is 0.219. The van der Waals surface area contributed by atoms with Crippen LogP contribution in [0.5, 0.6) is 5.75 Å². The number of hydrogen-bond acceptors (Lipinski definition) is 5. The highest BCUT2D eigenvalue weighted by molar-refractivity contribution is 5.91. The largest absolute Gasteiger partial charge is 0.489 e. The second-order valence-corrected chi connectivity index (χ2v) is 9.78. The Morgan fingerprint density at radius 2 is 1.84 bits per heavy atom. The Bertz CT molecular complexity index is 1010. The second-order valence-electron chi connectivity index (χ2n) is 9.78. The summed E-state index contributed by atoms with van der Waals surface area (Å²) >= 11 is 0. The van der Waals surface area contributed by atoms with Crippen molar-refractivity contribution >= 4 is 17.7 Å². The molecule has 37 heavy (non-hydrogen) atoms. The first-order chi connectivity index (χ1) is 17.8. The molecule has 199 valence electrons. The van der Waals surface area contributed by atoms with Gasteiger partial charge in [0.1, 0.15) is 18.4 Å². The first-order valence-corrected chi connectivity index (χ1v) is 13.0. The average molecular weight is 508 g/mol. The summed E-state index contributed by atoms with van der Waals surface area (Å²) in [6, 6.07) is 17.2. The lowest BCUT2D eigenvalue weighted by molar-refractivity contribution is -0.128. The van der Waals surface area contributed by atoms with E-state index >= 15 is 0 Å². The number of nitrogens with one attached hydrogen (secondary N) is 2. The molecule has 0 aliphatic carbocycles. The third-order valence-corrected chi connectivity index (χ3v) is 6.84. The van der Waals surface area contributed by atoms with Crippen molar-refractivity contribution in [1.29, 1.82) is 0 Å². The van der Waals surface area contributed by atoms with Gasteiger partial charge in [0.25, 0.3) is 0 Å². The zero-order valence-corrected chi connectivity index (χ0v) is 21.8. The summed E-state index contributed by atoms with van der Waals surface area (Å²) in [6.45, 7) is 3.77.